The van der Waals surface area contributed by atoms with Gasteiger partial charge in [0.05, 0.1) is 11.4 Å². The number of para-hydroxylation sites is 1. The number of piperazine rings is 1. The van der Waals surface area contributed by atoms with E-state index in [1.807, 2.05) is 47.4 Å². The van der Waals surface area contributed by atoms with Crippen molar-refractivity contribution in [1.29, 1.82) is 0 Å². The first-order valence-electron chi connectivity index (χ1n) is 11.9. The second kappa shape index (κ2) is 10.2. The Labute approximate surface area is 199 Å². The van der Waals surface area contributed by atoms with Crippen LogP contribution in [0.1, 0.15) is 34.8 Å². The molecule has 2 fully saturated rings. The Hall–Kier alpha value is -3.49. The molecule has 3 heterocycles. The zero-order chi connectivity index (χ0) is 23.3. The van der Waals surface area contributed by atoms with Crippen LogP contribution in [0.5, 0.6) is 5.75 Å². The van der Waals surface area contributed by atoms with Gasteiger partial charge in [0, 0.05) is 55.5 Å². The number of phenolic OH excluding ortho intramolecular Hbond substituents is 1. The topological polar surface area (TPSA) is 102 Å². The summed E-state index contributed by atoms with van der Waals surface area (Å²) in [6.07, 6.45) is 2.17. The molecule has 0 spiro atoms. The van der Waals surface area contributed by atoms with Crippen LogP contribution < -0.4 is 16.0 Å². The Morgan fingerprint density at radius 2 is 1.79 bits per heavy atom. The number of carbonyl (C=O) groups is 1. The van der Waals surface area contributed by atoms with Gasteiger partial charge in [-0.1, -0.05) is 12.1 Å². The van der Waals surface area contributed by atoms with Gasteiger partial charge in [-0.25, -0.2) is 9.97 Å². The van der Waals surface area contributed by atoms with Gasteiger partial charge < -0.3 is 26.0 Å². The smallest absolute Gasteiger partial charge is 0.253 e. The summed E-state index contributed by atoms with van der Waals surface area (Å²) in [5, 5.41) is 20.4. The summed E-state index contributed by atoms with van der Waals surface area (Å²) in [6.45, 7) is 5.01. The molecular formula is C26H30N6O2. The number of rotatable bonds is 5. The molecule has 2 saturated heterocycles. The highest BCUT2D eigenvalue weighted by atomic mass is 16.3. The fourth-order valence-electron chi connectivity index (χ4n) is 4.54. The molecular weight excluding hydrogens is 428 g/mol. The number of amides is 1. The third-order valence-electron chi connectivity index (χ3n) is 6.43. The summed E-state index contributed by atoms with van der Waals surface area (Å²) < 4.78 is 0. The van der Waals surface area contributed by atoms with Crippen LogP contribution in [0.4, 0.5) is 11.6 Å². The maximum atomic E-state index is 12.7. The van der Waals surface area contributed by atoms with E-state index in [0.717, 1.165) is 63.5 Å². The first-order chi connectivity index (χ1) is 16.7. The van der Waals surface area contributed by atoms with Gasteiger partial charge >= 0.3 is 0 Å². The first kappa shape index (κ1) is 22.3. The predicted octanol–water partition coefficient (Wildman–Crippen LogP) is 3.11. The van der Waals surface area contributed by atoms with Crippen molar-refractivity contribution >= 4 is 17.5 Å². The summed E-state index contributed by atoms with van der Waals surface area (Å²) in [7, 11) is 0. The Morgan fingerprint density at radius 1 is 1.00 bits per heavy atom. The van der Waals surface area contributed by atoms with E-state index in [2.05, 4.69) is 16.0 Å². The summed E-state index contributed by atoms with van der Waals surface area (Å²) >= 11 is 0. The van der Waals surface area contributed by atoms with Gasteiger partial charge in [0.2, 0.25) is 5.95 Å². The molecule has 1 amide bonds. The number of piperidine rings is 1. The summed E-state index contributed by atoms with van der Waals surface area (Å²) in [4.78, 5) is 24.1. The number of nitrogens with one attached hydrogen (secondary N) is 3. The first-order valence-corrected chi connectivity index (χ1v) is 11.9. The lowest BCUT2D eigenvalue weighted by Gasteiger charge is -2.27. The molecule has 4 N–H and O–H groups in total. The number of anilines is 2. The molecule has 1 atom stereocenters. The van der Waals surface area contributed by atoms with Gasteiger partial charge in [0.1, 0.15) is 5.75 Å². The number of benzene rings is 2. The lowest BCUT2D eigenvalue weighted by Crippen LogP contribution is -2.46. The molecule has 1 aromatic heterocycles. The van der Waals surface area contributed by atoms with Gasteiger partial charge in [-0.2, -0.15) is 0 Å². The van der Waals surface area contributed by atoms with E-state index in [0.29, 0.717) is 28.7 Å². The number of phenols is 1. The van der Waals surface area contributed by atoms with Crippen LogP contribution in [-0.2, 0) is 0 Å². The Morgan fingerprint density at radius 3 is 2.53 bits per heavy atom. The van der Waals surface area contributed by atoms with Gasteiger partial charge in [-0.05, 0) is 61.9 Å². The summed E-state index contributed by atoms with van der Waals surface area (Å²) in [5.74, 6) is 1.01. The van der Waals surface area contributed by atoms with Crippen molar-refractivity contribution in [2.45, 2.75) is 18.8 Å². The second-order valence-corrected chi connectivity index (χ2v) is 8.81. The SMILES string of the molecule is O=C(c1ccc(Nc2nc(-c3ccccc3O)cc(C3CCCNC3)n2)cc1)N1CCNCC1. The molecule has 3 aromatic rings. The molecule has 0 saturated carbocycles. The minimum absolute atomic E-state index is 0.0536. The van der Waals surface area contributed by atoms with Crippen molar-refractivity contribution in [3.63, 3.8) is 0 Å². The normalized spacial score (nSPS) is 18.5. The van der Waals surface area contributed by atoms with E-state index in [1.165, 1.54) is 0 Å². The highest BCUT2D eigenvalue weighted by Gasteiger charge is 2.20. The molecule has 0 bridgehead atoms. The van der Waals surface area contributed by atoms with Crippen molar-refractivity contribution in [3.05, 3.63) is 65.9 Å². The van der Waals surface area contributed by atoms with Crippen LogP contribution >= 0.6 is 0 Å². The maximum Gasteiger partial charge on any atom is 0.253 e. The standard InChI is InChI=1S/C26H30N6O2/c33-24-6-2-1-5-21(24)23-16-22(19-4-3-11-28-17-19)30-26(31-23)29-20-9-7-18(8-10-20)25(34)32-14-12-27-13-15-32/h1-2,5-10,16,19,27-28,33H,3-4,11-15,17H2,(H,29,30,31). The molecule has 176 valence electrons. The fourth-order valence-corrected chi connectivity index (χ4v) is 4.54. The number of carbonyl (C=O) groups excluding carboxylic acids is 1. The molecule has 1 unspecified atom stereocenters. The van der Waals surface area contributed by atoms with Crippen molar-refractivity contribution < 1.29 is 9.90 Å². The summed E-state index contributed by atoms with van der Waals surface area (Å²) in [6, 6.07) is 16.6. The van der Waals surface area contributed by atoms with Gasteiger partial charge in [0.15, 0.2) is 0 Å². The van der Waals surface area contributed by atoms with E-state index in [9.17, 15) is 9.90 Å². The highest BCUT2D eigenvalue weighted by Crippen LogP contribution is 2.32. The van der Waals surface area contributed by atoms with Gasteiger partial charge in [0.25, 0.3) is 5.91 Å². The second-order valence-electron chi connectivity index (χ2n) is 8.81. The maximum absolute atomic E-state index is 12.7. The Bertz CT molecular complexity index is 1140. The number of aromatic nitrogens is 2. The van der Waals surface area contributed by atoms with E-state index in [1.54, 1.807) is 12.1 Å². The molecule has 5 rings (SSSR count). The molecule has 8 heteroatoms. The average Bonchev–Trinajstić information content (AvgIpc) is 2.90. The van der Waals surface area contributed by atoms with E-state index >= 15 is 0 Å². The minimum atomic E-state index is 0.0536. The van der Waals surface area contributed by atoms with Gasteiger partial charge in [-0.3, -0.25) is 4.79 Å². The predicted molar refractivity (Wildman–Crippen MR) is 132 cm³/mol. The molecule has 34 heavy (non-hydrogen) atoms. The van der Waals surface area contributed by atoms with E-state index < -0.39 is 0 Å². The van der Waals surface area contributed by atoms with Crippen LogP contribution in [0.3, 0.4) is 0 Å². The number of aromatic hydroxyl groups is 1. The van der Waals surface area contributed by atoms with E-state index in [-0.39, 0.29) is 11.7 Å². The quantitative estimate of drug-likeness (QED) is 0.466. The fraction of sp³-hybridized carbons (Fsp3) is 0.346. The molecule has 2 aliphatic rings. The van der Waals surface area contributed by atoms with Crippen molar-refractivity contribution in [2.24, 2.45) is 0 Å². The average molecular weight is 459 g/mol. The van der Waals surface area contributed by atoms with Crippen molar-refractivity contribution in [3.8, 4) is 17.0 Å². The van der Waals surface area contributed by atoms with Crippen LogP contribution in [0.15, 0.2) is 54.6 Å². The number of hydrogen-bond acceptors (Lipinski definition) is 7. The number of nitrogens with zero attached hydrogens (tertiary/aromatic N) is 3. The molecule has 8 nitrogen and oxygen atoms in total. The lowest BCUT2D eigenvalue weighted by atomic mass is 9.95. The van der Waals surface area contributed by atoms with Gasteiger partial charge in [-0.15, -0.1) is 0 Å². The van der Waals surface area contributed by atoms with Crippen molar-refractivity contribution in [2.75, 3.05) is 44.6 Å². The van der Waals surface area contributed by atoms with Crippen LogP contribution in [0.2, 0.25) is 0 Å². The van der Waals surface area contributed by atoms with Crippen LogP contribution in [-0.4, -0.2) is 65.2 Å². The largest absolute Gasteiger partial charge is 0.507 e. The third kappa shape index (κ3) is 5.03. The highest BCUT2D eigenvalue weighted by molar-refractivity contribution is 5.94. The molecule has 2 aromatic carbocycles. The zero-order valence-corrected chi connectivity index (χ0v) is 19.1. The molecule has 0 radical (unpaired) electrons. The lowest BCUT2D eigenvalue weighted by molar-refractivity contribution is 0.0736. The van der Waals surface area contributed by atoms with Crippen LogP contribution in [0.25, 0.3) is 11.3 Å². The zero-order valence-electron chi connectivity index (χ0n) is 19.1. The minimum Gasteiger partial charge on any atom is -0.507 e. The third-order valence-corrected chi connectivity index (χ3v) is 6.43. The Kier molecular flexibility index (Phi) is 6.69. The number of hydrogen-bond donors (Lipinski definition) is 4. The molecule has 2 aliphatic heterocycles. The Balaban J connectivity index is 1.40. The molecule has 0 aliphatic carbocycles. The van der Waals surface area contributed by atoms with E-state index in [4.69, 9.17) is 9.97 Å². The summed E-state index contributed by atoms with van der Waals surface area (Å²) in [5.41, 5.74) is 3.79. The van der Waals surface area contributed by atoms with Crippen LogP contribution in [0, 0.1) is 0 Å². The monoisotopic (exact) mass is 458 g/mol. The van der Waals surface area contributed by atoms with Crippen molar-refractivity contribution in [1.82, 2.24) is 25.5 Å².